The van der Waals surface area contributed by atoms with E-state index in [4.69, 9.17) is 4.74 Å². The molecule has 19 heavy (non-hydrogen) atoms. The molecule has 0 heterocycles. The van der Waals surface area contributed by atoms with Crippen LogP contribution in [0.5, 0.6) is 5.75 Å². The van der Waals surface area contributed by atoms with E-state index in [-0.39, 0.29) is 0 Å². The minimum Gasteiger partial charge on any atom is -0.481 e. The van der Waals surface area contributed by atoms with Gasteiger partial charge in [0.05, 0.1) is 0 Å². The van der Waals surface area contributed by atoms with Crippen molar-refractivity contribution < 1.29 is 14.3 Å². The van der Waals surface area contributed by atoms with Gasteiger partial charge in [0.1, 0.15) is 5.75 Å². The molecule has 5 heteroatoms. The normalized spacial score (nSPS) is 11.5. The summed E-state index contributed by atoms with van der Waals surface area (Å²) in [4.78, 5) is 22.9. The summed E-state index contributed by atoms with van der Waals surface area (Å²) in [6, 6.07) is 7.03. The van der Waals surface area contributed by atoms with Crippen molar-refractivity contribution in [3.63, 3.8) is 0 Å². The molecule has 0 bridgehead atoms. The molecule has 1 atom stereocenters. The summed E-state index contributed by atoms with van der Waals surface area (Å²) in [5.74, 6) is 0.158. The fourth-order valence-electron chi connectivity index (χ4n) is 1.51. The number of urea groups is 1. The van der Waals surface area contributed by atoms with E-state index in [1.54, 1.807) is 19.9 Å². The smallest absolute Gasteiger partial charge is 0.321 e. The summed E-state index contributed by atoms with van der Waals surface area (Å²) in [6.07, 6.45) is 0.172. The molecule has 0 unspecified atom stereocenters. The minimum atomic E-state index is -0.727. The van der Waals surface area contributed by atoms with Gasteiger partial charge < -0.3 is 10.1 Å². The molecule has 1 aromatic rings. The molecular formula is C14H20N2O3. The van der Waals surface area contributed by atoms with Crippen molar-refractivity contribution in [2.45, 2.75) is 33.3 Å². The third-order valence-electron chi connectivity index (χ3n) is 2.56. The number of aryl methyl sites for hydroxylation is 1. The number of benzene rings is 1. The van der Waals surface area contributed by atoms with Crippen molar-refractivity contribution in [3.05, 3.63) is 29.8 Å². The first-order valence-corrected chi connectivity index (χ1v) is 6.41. The van der Waals surface area contributed by atoms with Crippen molar-refractivity contribution in [2.75, 3.05) is 6.54 Å². The molecule has 0 aliphatic rings. The number of rotatable bonds is 5. The molecule has 3 amide bonds. The molecule has 0 radical (unpaired) electrons. The third kappa shape index (κ3) is 4.99. The standard InChI is InChI=1S/C14H20N2O3/c1-4-11-7-6-8-12(9-11)19-10(3)13(17)16-14(18)15-5-2/h6-10H,4-5H2,1-3H3,(H2,15,16,17,18)/t10-/m1/s1. The zero-order valence-electron chi connectivity index (χ0n) is 11.5. The maximum atomic E-state index is 11.7. The highest BCUT2D eigenvalue weighted by Crippen LogP contribution is 2.15. The highest BCUT2D eigenvalue weighted by molar-refractivity contribution is 5.96. The number of hydrogen-bond donors (Lipinski definition) is 2. The van der Waals surface area contributed by atoms with Crippen LogP contribution < -0.4 is 15.4 Å². The predicted octanol–water partition coefficient (Wildman–Crippen LogP) is 1.86. The maximum Gasteiger partial charge on any atom is 0.321 e. The Bertz CT molecular complexity index is 446. The molecular weight excluding hydrogens is 244 g/mol. The molecule has 0 spiro atoms. The van der Waals surface area contributed by atoms with Crippen LogP contribution in [0.1, 0.15) is 26.3 Å². The van der Waals surface area contributed by atoms with Crippen molar-refractivity contribution in [2.24, 2.45) is 0 Å². The van der Waals surface area contributed by atoms with Gasteiger partial charge in [-0.05, 0) is 38.0 Å². The van der Waals surface area contributed by atoms with Crippen molar-refractivity contribution in [1.29, 1.82) is 0 Å². The van der Waals surface area contributed by atoms with Crippen LogP contribution in [-0.4, -0.2) is 24.6 Å². The van der Waals surface area contributed by atoms with Crippen LogP contribution >= 0.6 is 0 Å². The van der Waals surface area contributed by atoms with E-state index in [0.717, 1.165) is 12.0 Å². The summed E-state index contributed by atoms with van der Waals surface area (Å²) in [5.41, 5.74) is 1.13. The van der Waals surface area contributed by atoms with Gasteiger partial charge in [0.2, 0.25) is 0 Å². The largest absolute Gasteiger partial charge is 0.481 e. The number of amides is 3. The first-order valence-electron chi connectivity index (χ1n) is 6.41. The lowest BCUT2D eigenvalue weighted by atomic mass is 10.2. The van der Waals surface area contributed by atoms with Gasteiger partial charge in [-0.15, -0.1) is 0 Å². The van der Waals surface area contributed by atoms with Gasteiger partial charge >= 0.3 is 6.03 Å². The molecule has 0 aromatic heterocycles. The summed E-state index contributed by atoms with van der Waals surface area (Å²) in [5, 5.41) is 4.70. The molecule has 0 saturated carbocycles. The molecule has 0 saturated heterocycles. The van der Waals surface area contributed by atoms with Gasteiger partial charge in [-0.25, -0.2) is 4.79 Å². The maximum absolute atomic E-state index is 11.7. The topological polar surface area (TPSA) is 67.4 Å². The third-order valence-corrected chi connectivity index (χ3v) is 2.56. The van der Waals surface area contributed by atoms with Gasteiger partial charge in [0.25, 0.3) is 5.91 Å². The summed E-state index contributed by atoms with van der Waals surface area (Å²) in [7, 11) is 0. The lowest BCUT2D eigenvalue weighted by Gasteiger charge is -2.14. The summed E-state index contributed by atoms with van der Waals surface area (Å²) in [6.45, 7) is 5.89. The molecule has 1 rings (SSSR count). The van der Waals surface area contributed by atoms with E-state index in [2.05, 4.69) is 10.6 Å². The van der Waals surface area contributed by atoms with Crippen molar-refractivity contribution >= 4 is 11.9 Å². The molecule has 1 aromatic carbocycles. The van der Waals surface area contributed by atoms with Crippen LogP contribution in [0.15, 0.2) is 24.3 Å². The average molecular weight is 264 g/mol. The van der Waals surface area contributed by atoms with Crippen LogP contribution in [0, 0.1) is 0 Å². The Labute approximate surface area is 113 Å². The Kier molecular flexibility index (Phi) is 5.85. The number of nitrogens with one attached hydrogen (secondary N) is 2. The number of imide groups is 1. The predicted molar refractivity (Wildman–Crippen MR) is 73.1 cm³/mol. The van der Waals surface area contributed by atoms with Crippen LogP contribution in [-0.2, 0) is 11.2 Å². The van der Waals surface area contributed by atoms with E-state index in [1.165, 1.54) is 0 Å². The van der Waals surface area contributed by atoms with Gasteiger partial charge in [-0.1, -0.05) is 19.1 Å². The van der Waals surface area contributed by atoms with E-state index in [0.29, 0.717) is 12.3 Å². The second kappa shape index (κ2) is 7.41. The summed E-state index contributed by atoms with van der Waals surface area (Å²) < 4.78 is 5.51. The number of hydrogen-bond acceptors (Lipinski definition) is 3. The number of carbonyl (C=O) groups is 2. The zero-order valence-corrected chi connectivity index (χ0v) is 11.5. The van der Waals surface area contributed by atoms with Crippen molar-refractivity contribution in [3.8, 4) is 5.75 Å². The lowest BCUT2D eigenvalue weighted by molar-refractivity contribution is -0.126. The van der Waals surface area contributed by atoms with Gasteiger partial charge in [0, 0.05) is 6.54 Å². The molecule has 104 valence electrons. The second-order valence-electron chi connectivity index (χ2n) is 4.11. The van der Waals surface area contributed by atoms with E-state index < -0.39 is 18.0 Å². The SMILES string of the molecule is CCNC(=O)NC(=O)[C@@H](C)Oc1cccc(CC)c1. The van der Waals surface area contributed by atoms with E-state index in [1.807, 2.05) is 25.1 Å². The second-order valence-corrected chi connectivity index (χ2v) is 4.11. The van der Waals surface area contributed by atoms with Crippen LogP contribution in [0.3, 0.4) is 0 Å². The molecule has 2 N–H and O–H groups in total. The van der Waals surface area contributed by atoms with E-state index >= 15 is 0 Å². The van der Waals surface area contributed by atoms with Crippen LogP contribution in [0.2, 0.25) is 0 Å². The molecule has 0 aliphatic heterocycles. The zero-order chi connectivity index (χ0) is 14.3. The van der Waals surface area contributed by atoms with Crippen LogP contribution in [0.4, 0.5) is 4.79 Å². The Morgan fingerprint density at radius 3 is 2.68 bits per heavy atom. The molecule has 5 nitrogen and oxygen atoms in total. The Balaban J connectivity index is 2.55. The number of ether oxygens (including phenoxy) is 1. The van der Waals surface area contributed by atoms with Gasteiger partial charge in [0.15, 0.2) is 6.10 Å². The molecule has 0 fully saturated rings. The number of carbonyl (C=O) groups excluding carboxylic acids is 2. The molecule has 0 aliphatic carbocycles. The first-order chi connectivity index (χ1) is 9.06. The fraction of sp³-hybridized carbons (Fsp3) is 0.429. The lowest BCUT2D eigenvalue weighted by Crippen LogP contribution is -2.45. The highest BCUT2D eigenvalue weighted by atomic mass is 16.5. The van der Waals surface area contributed by atoms with Gasteiger partial charge in [-0.3, -0.25) is 10.1 Å². The average Bonchev–Trinajstić information content (AvgIpc) is 2.39. The van der Waals surface area contributed by atoms with E-state index in [9.17, 15) is 9.59 Å². The Hall–Kier alpha value is -2.04. The Morgan fingerprint density at radius 1 is 1.32 bits per heavy atom. The minimum absolute atomic E-state index is 0.465. The van der Waals surface area contributed by atoms with Crippen molar-refractivity contribution in [1.82, 2.24) is 10.6 Å². The van der Waals surface area contributed by atoms with Gasteiger partial charge in [-0.2, -0.15) is 0 Å². The quantitative estimate of drug-likeness (QED) is 0.853. The fourth-order valence-corrected chi connectivity index (χ4v) is 1.51. The monoisotopic (exact) mass is 264 g/mol. The Morgan fingerprint density at radius 2 is 2.05 bits per heavy atom. The summed E-state index contributed by atoms with van der Waals surface area (Å²) >= 11 is 0. The van der Waals surface area contributed by atoms with Crippen LogP contribution in [0.25, 0.3) is 0 Å². The highest BCUT2D eigenvalue weighted by Gasteiger charge is 2.17. The first kappa shape index (κ1) is 15.0.